The standard InChI is InChI=1S/C11H10ClNO3/c1-6-2-3-7(12)11-10(6)13-8(16-11)4-5-9(14)15/h2-3H,4-5H2,1H3,(H,14,15). The summed E-state index contributed by atoms with van der Waals surface area (Å²) in [5, 5.41) is 9.06. The molecule has 5 heteroatoms. The van der Waals surface area contributed by atoms with Crippen LogP contribution in [0.1, 0.15) is 17.9 Å². The molecule has 4 nitrogen and oxygen atoms in total. The highest BCUT2D eigenvalue weighted by Gasteiger charge is 2.12. The Morgan fingerprint density at radius 1 is 1.56 bits per heavy atom. The second-order valence-corrected chi connectivity index (χ2v) is 3.95. The maximum atomic E-state index is 10.4. The van der Waals surface area contributed by atoms with Crippen LogP contribution in [0.25, 0.3) is 11.1 Å². The van der Waals surface area contributed by atoms with E-state index in [1.54, 1.807) is 6.07 Å². The summed E-state index contributed by atoms with van der Waals surface area (Å²) in [6.07, 6.45) is 0.281. The summed E-state index contributed by atoms with van der Waals surface area (Å²) in [5.41, 5.74) is 2.19. The van der Waals surface area contributed by atoms with Crippen LogP contribution in [0, 0.1) is 6.92 Å². The predicted molar refractivity (Wildman–Crippen MR) is 59.7 cm³/mol. The van der Waals surface area contributed by atoms with Crippen molar-refractivity contribution < 1.29 is 14.3 Å². The van der Waals surface area contributed by atoms with Crippen LogP contribution < -0.4 is 0 Å². The van der Waals surface area contributed by atoms with Crippen molar-refractivity contribution >= 4 is 28.7 Å². The van der Waals surface area contributed by atoms with E-state index in [0.29, 0.717) is 22.0 Å². The fourth-order valence-corrected chi connectivity index (χ4v) is 1.66. The number of oxazole rings is 1. The quantitative estimate of drug-likeness (QED) is 0.895. The lowest BCUT2D eigenvalue weighted by Gasteiger charge is -1.93. The number of carboxylic acids is 1. The molecule has 0 unspecified atom stereocenters. The maximum absolute atomic E-state index is 10.4. The third kappa shape index (κ3) is 2.02. The van der Waals surface area contributed by atoms with E-state index < -0.39 is 5.97 Å². The topological polar surface area (TPSA) is 63.3 Å². The van der Waals surface area contributed by atoms with E-state index in [1.807, 2.05) is 13.0 Å². The first-order valence-electron chi connectivity index (χ1n) is 4.84. The number of rotatable bonds is 3. The SMILES string of the molecule is Cc1ccc(Cl)c2oc(CCC(=O)O)nc12. The number of carbonyl (C=O) groups is 1. The average molecular weight is 240 g/mol. The molecule has 0 radical (unpaired) electrons. The monoisotopic (exact) mass is 239 g/mol. The highest BCUT2D eigenvalue weighted by molar-refractivity contribution is 6.34. The molecule has 0 aliphatic rings. The molecule has 0 fully saturated rings. The van der Waals surface area contributed by atoms with Crippen molar-refractivity contribution in [3.63, 3.8) is 0 Å². The molecule has 2 aromatic rings. The Bertz CT molecular complexity index is 508. The lowest BCUT2D eigenvalue weighted by molar-refractivity contribution is -0.137. The minimum Gasteiger partial charge on any atom is -0.481 e. The van der Waals surface area contributed by atoms with Crippen molar-refractivity contribution in [2.45, 2.75) is 19.8 Å². The molecule has 0 amide bonds. The minimum atomic E-state index is -0.870. The third-order valence-corrected chi connectivity index (χ3v) is 2.59. The molecule has 0 bridgehead atoms. The van der Waals surface area contributed by atoms with Gasteiger partial charge in [0.25, 0.3) is 0 Å². The fourth-order valence-electron chi connectivity index (χ4n) is 1.47. The van der Waals surface area contributed by atoms with E-state index in [9.17, 15) is 4.79 Å². The molecule has 0 aliphatic carbocycles. The molecule has 0 saturated carbocycles. The van der Waals surface area contributed by atoms with Gasteiger partial charge in [0.15, 0.2) is 11.5 Å². The second kappa shape index (κ2) is 4.14. The number of aliphatic carboxylic acids is 1. The first kappa shape index (κ1) is 11.0. The Morgan fingerprint density at radius 3 is 2.94 bits per heavy atom. The van der Waals surface area contributed by atoms with Crippen LogP contribution >= 0.6 is 11.6 Å². The Labute approximate surface area is 96.8 Å². The lowest BCUT2D eigenvalue weighted by Crippen LogP contribution is -1.97. The van der Waals surface area contributed by atoms with Gasteiger partial charge in [0.2, 0.25) is 0 Å². The summed E-state index contributed by atoms with van der Waals surface area (Å²) in [7, 11) is 0. The largest absolute Gasteiger partial charge is 0.481 e. The third-order valence-electron chi connectivity index (χ3n) is 2.29. The average Bonchev–Trinajstić information content (AvgIpc) is 2.66. The molecule has 1 heterocycles. The molecular formula is C11H10ClNO3. The van der Waals surface area contributed by atoms with Gasteiger partial charge in [-0.25, -0.2) is 4.98 Å². The van der Waals surface area contributed by atoms with E-state index in [2.05, 4.69) is 4.98 Å². The van der Waals surface area contributed by atoms with Gasteiger partial charge in [-0.2, -0.15) is 0 Å². The minimum absolute atomic E-state index is 0.00346. The number of benzene rings is 1. The Balaban J connectivity index is 2.39. The van der Waals surface area contributed by atoms with Crippen molar-refractivity contribution in [1.29, 1.82) is 0 Å². The fraction of sp³-hybridized carbons (Fsp3) is 0.273. The van der Waals surface area contributed by atoms with Gasteiger partial charge in [0, 0.05) is 6.42 Å². The number of hydrogen-bond donors (Lipinski definition) is 1. The van der Waals surface area contributed by atoms with Gasteiger partial charge in [0.05, 0.1) is 11.4 Å². The summed E-state index contributed by atoms with van der Waals surface area (Å²) < 4.78 is 5.42. The van der Waals surface area contributed by atoms with Crippen molar-refractivity contribution in [2.75, 3.05) is 0 Å². The molecule has 0 aliphatic heterocycles. The summed E-state index contributed by atoms with van der Waals surface area (Å²) in [6.45, 7) is 1.90. The number of hydrogen-bond acceptors (Lipinski definition) is 3. The van der Waals surface area contributed by atoms with Crippen LogP contribution in [0.4, 0.5) is 0 Å². The highest BCUT2D eigenvalue weighted by atomic mass is 35.5. The van der Waals surface area contributed by atoms with Crippen molar-refractivity contribution in [3.05, 3.63) is 28.6 Å². The number of nitrogens with zero attached hydrogens (tertiary/aromatic N) is 1. The second-order valence-electron chi connectivity index (χ2n) is 3.54. The zero-order valence-corrected chi connectivity index (χ0v) is 9.41. The van der Waals surface area contributed by atoms with E-state index in [0.717, 1.165) is 5.56 Å². The van der Waals surface area contributed by atoms with E-state index in [1.165, 1.54) is 0 Å². The van der Waals surface area contributed by atoms with Crippen LogP contribution in [0.5, 0.6) is 0 Å². The van der Waals surface area contributed by atoms with Crippen molar-refractivity contribution in [3.8, 4) is 0 Å². The summed E-state index contributed by atoms with van der Waals surface area (Å²) in [6, 6.07) is 3.60. The number of fused-ring (bicyclic) bond motifs is 1. The molecule has 16 heavy (non-hydrogen) atoms. The van der Waals surface area contributed by atoms with Crippen LogP contribution in [0.2, 0.25) is 5.02 Å². The van der Waals surface area contributed by atoms with Gasteiger partial charge in [-0.15, -0.1) is 0 Å². The van der Waals surface area contributed by atoms with Gasteiger partial charge in [0.1, 0.15) is 5.52 Å². The first-order valence-corrected chi connectivity index (χ1v) is 5.22. The molecular weight excluding hydrogens is 230 g/mol. The number of carboxylic acid groups (broad SMARTS) is 1. The zero-order chi connectivity index (χ0) is 11.7. The molecule has 0 spiro atoms. The van der Waals surface area contributed by atoms with Gasteiger partial charge >= 0.3 is 5.97 Å². The van der Waals surface area contributed by atoms with E-state index in [4.69, 9.17) is 21.1 Å². The first-order chi connectivity index (χ1) is 7.58. The Hall–Kier alpha value is -1.55. The maximum Gasteiger partial charge on any atom is 0.303 e. The van der Waals surface area contributed by atoms with Crippen LogP contribution in [-0.2, 0) is 11.2 Å². The molecule has 2 rings (SSSR count). The highest BCUT2D eigenvalue weighted by Crippen LogP contribution is 2.27. The molecule has 84 valence electrons. The van der Waals surface area contributed by atoms with Crippen molar-refractivity contribution in [1.82, 2.24) is 4.98 Å². The van der Waals surface area contributed by atoms with Crippen LogP contribution in [0.3, 0.4) is 0 Å². The van der Waals surface area contributed by atoms with E-state index >= 15 is 0 Å². The number of aromatic nitrogens is 1. The van der Waals surface area contributed by atoms with Crippen LogP contribution in [0.15, 0.2) is 16.5 Å². The lowest BCUT2D eigenvalue weighted by atomic mass is 10.2. The smallest absolute Gasteiger partial charge is 0.303 e. The Morgan fingerprint density at radius 2 is 2.31 bits per heavy atom. The molecule has 1 aromatic heterocycles. The molecule has 0 atom stereocenters. The molecule has 1 N–H and O–H groups in total. The summed E-state index contributed by atoms with van der Waals surface area (Å²) in [4.78, 5) is 14.7. The van der Waals surface area contributed by atoms with Crippen molar-refractivity contribution in [2.24, 2.45) is 0 Å². The number of halogens is 1. The van der Waals surface area contributed by atoms with Gasteiger partial charge in [-0.05, 0) is 18.6 Å². The van der Waals surface area contributed by atoms with Gasteiger partial charge in [-0.3, -0.25) is 4.79 Å². The Kier molecular flexibility index (Phi) is 2.83. The normalized spacial score (nSPS) is 10.9. The van der Waals surface area contributed by atoms with Gasteiger partial charge in [-0.1, -0.05) is 17.7 Å². The van der Waals surface area contributed by atoms with E-state index in [-0.39, 0.29) is 12.8 Å². The zero-order valence-electron chi connectivity index (χ0n) is 8.66. The summed E-state index contributed by atoms with van der Waals surface area (Å²) >= 11 is 5.95. The van der Waals surface area contributed by atoms with Crippen LogP contribution in [-0.4, -0.2) is 16.1 Å². The predicted octanol–water partition coefficient (Wildman–Crippen LogP) is 2.81. The summed E-state index contributed by atoms with van der Waals surface area (Å²) in [5.74, 6) is -0.460. The molecule has 1 aromatic carbocycles. The molecule has 0 saturated heterocycles. The van der Waals surface area contributed by atoms with Gasteiger partial charge < -0.3 is 9.52 Å². The number of aryl methyl sites for hydroxylation is 2.